The van der Waals surface area contributed by atoms with Crippen LogP contribution in [-0.2, 0) is 28.4 Å². The van der Waals surface area contributed by atoms with E-state index in [9.17, 15) is 35.9 Å². The van der Waals surface area contributed by atoms with Crippen LogP contribution in [0.4, 0.5) is 26.3 Å². The maximum atomic E-state index is 12.8. The number of carbonyl (C=O) groups is 2. The molecule has 148 valence electrons. The fourth-order valence-corrected chi connectivity index (χ4v) is 2.24. The van der Waals surface area contributed by atoms with Crippen molar-refractivity contribution >= 4 is 11.9 Å². The Kier molecular flexibility index (Phi) is 6.83. The van der Waals surface area contributed by atoms with Gasteiger partial charge in [-0.05, 0) is 23.8 Å². The molecule has 1 amide bonds. The number of nitriles is 1. The summed E-state index contributed by atoms with van der Waals surface area (Å²) in [5.41, 5.74) is -3.73. The van der Waals surface area contributed by atoms with Crippen molar-refractivity contribution in [3.63, 3.8) is 0 Å². The lowest BCUT2D eigenvalue weighted by Gasteiger charge is -2.20. The third kappa shape index (κ3) is 6.47. The van der Waals surface area contributed by atoms with E-state index in [4.69, 9.17) is 10.4 Å². The second-order valence-electron chi connectivity index (χ2n) is 5.81. The van der Waals surface area contributed by atoms with Crippen LogP contribution in [0.3, 0.4) is 0 Å². The minimum Gasteiger partial charge on any atom is -0.480 e. The molecule has 5 nitrogen and oxygen atoms in total. The van der Waals surface area contributed by atoms with Crippen LogP contribution in [0, 0.1) is 17.2 Å². The van der Waals surface area contributed by atoms with E-state index >= 15 is 0 Å². The molecule has 0 bridgehead atoms. The van der Waals surface area contributed by atoms with E-state index in [1.54, 1.807) is 6.07 Å². The zero-order chi connectivity index (χ0) is 21.0. The Balaban J connectivity index is 3.11. The molecule has 0 aliphatic heterocycles. The quantitative estimate of drug-likeness (QED) is 0.722. The molecule has 11 heteroatoms. The van der Waals surface area contributed by atoms with E-state index < -0.39 is 59.3 Å². The number of amides is 1. The zero-order valence-electron chi connectivity index (χ0n) is 13.8. The molecule has 1 aromatic rings. The van der Waals surface area contributed by atoms with Gasteiger partial charge in [-0.3, -0.25) is 4.79 Å². The van der Waals surface area contributed by atoms with Gasteiger partial charge in [-0.25, -0.2) is 4.79 Å². The predicted octanol–water partition coefficient (Wildman–Crippen LogP) is 3.39. The van der Waals surface area contributed by atoms with Crippen LogP contribution in [-0.4, -0.2) is 23.0 Å². The van der Waals surface area contributed by atoms with Crippen molar-refractivity contribution in [3.8, 4) is 6.07 Å². The molecule has 0 spiro atoms. The molecule has 27 heavy (non-hydrogen) atoms. The monoisotopic (exact) mass is 396 g/mol. The van der Waals surface area contributed by atoms with Gasteiger partial charge in [-0.15, -0.1) is 0 Å². The molecule has 1 aromatic carbocycles. The van der Waals surface area contributed by atoms with Crippen LogP contribution >= 0.6 is 0 Å². The number of carbonyl (C=O) groups excluding carboxylic acids is 1. The summed E-state index contributed by atoms with van der Waals surface area (Å²) in [7, 11) is 0. The molecular formula is C16H14F6N2O3. The van der Waals surface area contributed by atoms with Crippen LogP contribution in [0.15, 0.2) is 18.2 Å². The molecule has 0 heterocycles. The Hall–Kier alpha value is -2.77. The van der Waals surface area contributed by atoms with E-state index in [2.05, 4.69) is 0 Å². The van der Waals surface area contributed by atoms with Gasteiger partial charge in [0.05, 0.1) is 23.6 Å². The zero-order valence-corrected chi connectivity index (χ0v) is 13.8. The Morgan fingerprint density at radius 2 is 1.59 bits per heavy atom. The van der Waals surface area contributed by atoms with E-state index in [-0.39, 0.29) is 12.5 Å². The van der Waals surface area contributed by atoms with Crippen molar-refractivity contribution in [3.05, 3.63) is 34.9 Å². The molecule has 0 saturated carbocycles. The molecule has 2 N–H and O–H groups in total. The number of benzene rings is 1. The molecule has 0 aromatic heterocycles. The number of halogens is 6. The third-order valence-corrected chi connectivity index (χ3v) is 3.58. The number of nitrogens with zero attached hydrogens (tertiary/aromatic N) is 1. The van der Waals surface area contributed by atoms with Crippen molar-refractivity contribution in [2.75, 3.05) is 0 Å². The van der Waals surface area contributed by atoms with Crippen LogP contribution in [0.2, 0.25) is 0 Å². The minimum absolute atomic E-state index is 0.0730. The first-order valence-electron chi connectivity index (χ1n) is 7.43. The van der Waals surface area contributed by atoms with Gasteiger partial charge in [-0.1, -0.05) is 6.92 Å². The first-order valence-corrected chi connectivity index (χ1v) is 7.43. The molecule has 0 radical (unpaired) electrons. The fraction of sp³-hybridized carbons (Fsp3) is 0.438. The number of hydrogen-bond acceptors (Lipinski definition) is 3. The molecule has 1 rings (SSSR count). The summed E-state index contributed by atoms with van der Waals surface area (Å²) in [5.74, 6) is -3.38. The number of hydrogen-bond donors (Lipinski definition) is 2. The lowest BCUT2D eigenvalue weighted by atomic mass is 9.98. The Morgan fingerprint density at radius 3 is 1.96 bits per heavy atom. The highest BCUT2D eigenvalue weighted by Crippen LogP contribution is 2.36. The maximum Gasteiger partial charge on any atom is 0.416 e. The van der Waals surface area contributed by atoms with Crippen molar-refractivity contribution in [1.29, 1.82) is 5.26 Å². The summed E-state index contributed by atoms with van der Waals surface area (Å²) in [6, 6.07) is 0.911. The molecule has 0 unspecified atom stereocenters. The van der Waals surface area contributed by atoms with Gasteiger partial charge >= 0.3 is 18.3 Å². The first-order chi connectivity index (χ1) is 12.3. The first kappa shape index (κ1) is 22.3. The second-order valence-corrected chi connectivity index (χ2v) is 5.81. The highest BCUT2D eigenvalue weighted by atomic mass is 19.4. The van der Waals surface area contributed by atoms with E-state index in [0.717, 1.165) is 0 Å². The Labute approximate surface area is 149 Å². The van der Waals surface area contributed by atoms with E-state index in [1.807, 2.05) is 5.32 Å². The average molecular weight is 396 g/mol. The third-order valence-electron chi connectivity index (χ3n) is 3.58. The summed E-state index contributed by atoms with van der Waals surface area (Å²) >= 11 is 0. The van der Waals surface area contributed by atoms with Gasteiger partial charge in [0.2, 0.25) is 5.91 Å². The van der Waals surface area contributed by atoms with Gasteiger partial charge < -0.3 is 10.4 Å². The number of alkyl halides is 6. The Morgan fingerprint density at radius 1 is 1.11 bits per heavy atom. The van der Waals surface area contributed by atoms with Gasteiger partial charge in [0.1, 0.15) is 6.04 Å². The number of aliphatic carboxylic acids is 1. The molecular weight excluding hydrogens is 382 g/mol. The minimum atomic E-state index is -5.06. The lowest BCUT2D eigenvalue weighted by molar-refractivity contribution is -0.143. The van der Waals surface area contributed by atoms with Crippen LogP contribution in [0.25, 0.3) is 0 Å². The summed E-state index contributed by atoms with van der Waals surface area (Å²) in [5, 5.41) is 19.7. The number of carboxylic acids is 1. The van der Waals surface area contributed by atoms with Crippen molar-refractivity contribution in [2.24, 2.45) is 5.92 Å². The highest BCUT2D eigenvalue weighted by Gasteiger charge is 2.37. The molecule has 0 fully saturated rings. The molecule has 0 saturated heterocycles. The molecule has 2 atom stereocenters. The maximum absolute atomic E-state index is 12.8. The highest BCUT2D eigenvalue weighted by molar-refractivity contribution is 5.85. The van der Waals surface area contributed by atoms with Crippen molar-refractivity contribution < 1.29 is 41.0 Å². The van der Waals surface area contributed by atoms with Gasteiger partial charge in [0, 0.05) is 12.3 Å². The number of carboxylic acid groups (broad SMARTS) is 1. The molecule has 0 aliphatic carbocycles. The average Bonchev–Trinajstić information content (AvgIpc) is 2.50. The summed E-state index contributed by atoms with van der Waals surface area (Å²) < 4.78 is 76.8. The van der Waals surface area contributed by atoms with Crippen LogP contribution in [0.5, 0.6) is 0 Å². The smallest absolute Gasteiger partial charge is 0.416 e. The molecule has 0 aliphatic rings. The largest absolute Gasteiger partial charge is 0.480 e. The summed E-state index contributed by atoms with van der Waals surface area (Å²) in [6.07, 6.45) is -11.2. The van der Waals surface area contributed by atoms with Crippen molar-refractivity contribution in [1.82, 2.24) is 5.32 Å². The summed E-state index contributed by atoms with van der Waals surface area (Å²) in [6.45, 7) is 1.36. The number of nitrogens with one attached hydrogen (secondary N) is 1. The van der Waals surface area contributed by atoms with Crippen LogP contribution in [0.1, 0.15) is 30.0 Å². The van der Waals surface area contributed by atoms with E-state index in [1.165, 1.54) is 6.92 Å². The van der Waals surface area contributed by atoms with Gasteiger partial charge in [-0.2, -0.15) is 31.6 Å². The fourth-order valence-electron chi connectivity index (χ4n) is 2.24. The topological polar surface area (TPSA) is 90.2 Å². The predicted molar refractivity (Wildman–Crippen MR) is 79.1 cm³/mol. The Bertz CT molecular complexity index is 720. The van der Waals surface area contributed by atoms with E-state index in [0.29, 0.717) is 12.1 Å². The van der Waals surface area contributed by atoms with Crippen molar-refractivity contribution in [2.45, 2.75) is 38.2 Å². The summed E-state index contributed by atoms with van der Waals surface area (Å²) in [4.78, 5) is 23.1. The number of rotatable bonds is 6. The SMILES string of the molecule is C[C@@H](CC#N)[C@H](NC(=O)Cc1cc(C(F)(F)F)cc(C(F)(F)F)c1)C(=O)O. The standard InChI is InChI=1S/C16H14F6N2O3/c1-8(2-3-23)13(14(26)27)24-12(25)6-9-4-10(15(17,18)19)7-11(5-9)16(20,21)22/h4-5,7-8,13H,2,6H2,1H3,(H,24,25)(H,26,27)/t8-,13-/m0/s1. The lowest BCUT2D eigenvalue weighted by Crippen LogP contribution is -2.45. The van der Waals surface area contributed by atoms with Gasteiger partial charge in [0.15, 0.2) is 0 Å². The van der Waals surface area contributed by atoms with Gasteiger partial charge in [0.25, 0.3) is 0 Å². The second kappa shape index (κ2) is 8.28. The normalized spacial score (nSPS) is 14.1. The van der Waals surface area contributed by atoms with Crippen LogP contribution < -0.4 is 5.32 Å².